The van der Waals surface area contributed by atoms with E-state index in [0.717, 1.165) is 16.9 Å². The van der Waals surface area contributed by atoms with Gasteiger partial charge in [0.2, 0.25) is 0 Å². The number of benzene rings is 3. The lowest BCUT2D eigenvalue weighted by molar-refractivity contribution is 0.140. The molecule has 3 aromatic rings. The Hall–Kier alpha value is -4.20. The van der Waals surface area contributed by atoms with Gasteiger partial charge >= 0.3 is 6.09 Å². The molecule has 0 aliphatic carbocycles. The fourth-order valence-electron chi connectivity index (χ4n) is 3.52. The van der Waals surface area contributed by atoms with Crippen molar-refractivity contribution in [2.45, 2.75) is 19.1 Å². The monoisotopic (exact) mass is 448 g/mol. The molecular weight excluding hydrogens is 424 g/mol. The number of phenolic OH excluding ortho intramolecular Hbond substituents is 1. The summed E-state index contributed by atoms with van der Waals surface area (Å²) in [5.74, 6) is 1.51. The highest BCUT2D eigenvalue weighted by Crippen LogP contribution is 2.42. The first-order valence-electron chi connectivity index (χ1n) is 10.3. The zero-order valence-electron chi connectivity index (χ0n) is 18.3. The van der Waals surface area contributed by atoms with E-state index in [9.17, 15) is 9.90 Å². The first-order valence-corrected chi connectivity index (χ1v) is 10.3. The van der Waals surface area contributed by atoms with Crippen LogP contribution >= 0.6 is 0 Å². The van der Waals surface area contributed by atoms with Gasteiger partial charge in [0.1, 0.15) is 35.7 Å². The lowest BCUT2D eigenvalue weighted by Gasteiger charge is -2.28. The Morgan fingerprint density at radius 2 is 1.79 bits per heavy atom. The molecule has 3 aromatic carbocycles. The van der Waals surface area contributed by atoms with Gasteiger partial charge in [-0.2, -0.15) is 5.10 Å². The fraction of sp³-hybridized carbons (Fsp3) is 0.200. The third-order valence-corrected chi connectivity index (χ3v) is 5.21. The maximum Gasteiger partial charge on any atom is 0.428 e. The molecule has 4 rings (SSSR count). The number of nitrogens with one attached hydrogen (secondary N) is 1. The minimum Gasteiger partial charge on any atom is -0.507 e. The number of methoxy groups -OCH3 is 2. The fourth-order valence-corrected chi connectivity index (χ4v) is 3.52. The summed E-state index contributed by atoms with van der Waals surface area (Å²) in [7, 11) is 3.11. The second-order valence-corrected chi connectivity index (χ2v) is 7.34. The van der Waals surface area contributed by atoms with Crippen LogP contribution in [0.25, 0.3) is 0 Å². The van der Waals surface area contributed by atoms with Gasteiger partial charge in [0.15, 0.2) is 0 Å². The summed E-state index contributed by atoms with van der Waals surface area (Å²) in [4.78, 5) is 12.2. The van der Waals surface area contributed by atoms with Gasteiger partial charge in [-0.1, -0.05) is 42.5 Å². The molecule has 0 aromatic heterocycles. The second kappa shape index (κ2) is 9.95. The van der Waals surface area contributed by atoms with E-state index in [1.54, 1.807) is 13.2 Å². The molecule has 8 heteroatoms. The van der Waals surface area contributed by atoms with Crippen LogP contribution in [0.2, 0.25) is 0 Å². The lowest BCUT2D eigenvalue weighted by atomic mass is 9.94. The Bertz CT molecular complexity index is 1150. The van der Waals surface area contributed by atoms with Crippen molar-refractivity contribution in [1.82, 2.24) is 5.43 Å². The van der Waals surface area contributed by atoms with Gasteiger partial charge in [-0.05, 0) is 23.3 Å². The molecule has 0 radical (unpaired) electrons. The summed E-state index contributed by atoms with van der Waals surface area (Å²) in [5.41, 5.74) is 5.02. The second-order valence-electron chi connectivity index (χ2n) is 7.34. The predicted octanol–water partition coefficient (Wildman–Crippen LogP) is 4.56. The van der Waals surface area contributed by atoms with Gasteiger partial charge in [-0.3, -0.25) is 0 Å². The van der Waals surface area contributed by atoms with Crippen molar-refractivity contribution in [3.8, 4) is 23.0 Å². The van der Waals surface area contributed by atoms with E-state index in [-0.39, 0.29) is 12.4 Å². The van der Waals surface area contributed by atoms with E-state index in [4.69, 9.17) is 18.9 Å². The van der Waals surface area contributed by atoms with Crippen LogP contribution in [0.5, 0.6) is 23.0 Å². The molecule has 2 N–H and O–H groups in total. The van der Waals surface area contributed by atoms with E-state index < -0.39 is 12.2 Å². The number of nitrogens with zero attached hydrogens (tertiary/aromatic N) is 1. The minimum atomic E-state index is -0.701. The van der Waals surface area contributed by atoms with Gasteiger partial charge in [0, 0.05) is 18.6 Å². The van der Waals surface area contributed by atoms with Crippen molar-refractivity contribution < 1.29 is 28.8 Å². The number of amides is 1. The molecule has 0 unspecified atom stereocenters. The minimum absolute atomic E-state index is 0.0595. The molecule has 0 saturated heterocycles. The Morgan fingerprint density at radius 3 is 2.48 bits per heavy atom. The van der Waals surface area contributed by atoms with Gasteiger partial charge in [-0.25, -0.2) is 10.2 Å². The highest BCUT2D eigenvalue weighted by atomic mass is 16.6. The molecule has 8 nitrogen and oxygen atoms in total. The molecule has 1 aliphatic heterocycles. The predicted molar refractivity (Wildman–Crippen MR) is 122 cm³/mol. The smallest absolute Gasteiger partial charge is 0.428 e. The number of carbonyl (C=O) groups is 1. The molecular formula is C25H24N2O6. The summed E-state index contributed by atoms with van der Waals surface area (Å²) in [5, 5.41) is 14.8. The molecule has 1 amide bonds. The van der Waals surface area contributed by atoms with Crippen LogP contribution < -0.4 is 19.6 Å². The van der Waals surface area contributed by atoms with E-state index in [2.05, 4.69) is 10.5 Å². The number of phenols is 1. The first kappa shape index (κ1) is 22.0. The summed E-state index contributed by atoms with van der Waals surface area (Å²) < 4.78 is 21.9. The van der Waals surface area contributed by atoms with Crippen LogP contribution in [-0.2, 0) is 11.3 Å². The number of hydrogen-bond acceptors (Lipinski definition) is 7. The van der Waals surface area contributed by atoms with Gasteiger partial charge in [-0.15, -0.1) is 0 Å². The van der Waals surface area contributed by atoms with Crippen LogP contribution in [-0.4, -0.2) is 31.1 Å². The third kappa shape index (κ3) is 5.17. The van der Waals surface area contributed by atoms with Crippen LogP contribution in [0.15, 0.2) is 71.8 Å². The Labute approximate surface area is 191 Å². The molecule has 0 saturated carbocycles. The zero-order valence-corrected chi connectivity index (χ0v) is 18.3. The Kier molecular flexibility index (Phi) is 6.64. The van der Waals surface area contributed by atoms with Crippen LogP contribution in [0.1, 0.15) is 29.2 Å². The lowest BCUT2D eigenvalue weighted by Crippen LogP contribution is -2.26. The molecule has 1 heterocycles. The number of ether oxygens (including phenoxy) is 4. The number of carbonyl (C=O) groups excluding carboxylic acids is 1. The average Bonchev–Trinajstić information content (AvgIpc) is 2.86. The maximum absolute atomic E-state index is 12.2. The topological polar surface area (TPSA) is 98.6 Å². The van der Waals surface area contributed by atoms with Crippen molar-refractivity contribution >= 4 is 11.8 Å². The SMILES string of the molecule is COc1ccc([C@@H]2C/C(=N\NC(=O)OCc3ccccc3)c3c(O)cc(OC)cc3O2)cc1. The van der Waals surface area contributed by atoms with Crippen molar-refractivity contribution in [3.05, 3.63) is 83.4 Å². The van der Waals surface area contributed by atoms with Gasteiger partial charge in [0.25, 0.3) is 0 Å². The molecule has 0 spiro atoms. The van der Waals surface area contributed by atoms with Crippen LogP contribution in [0.3, 0.4) is 0 Å². The van der Waals surface area contributed by atoms with Crippen LogP contribution in [0, 0.1) is 0 Å². The largest absolute Gasteiger partial charge is 0.507 e. The zero-order chi connectivity index (χ0) is 23.2. The number of hydrogen-bond donors (Lipinski definition) is 2. The quantitative estimate of drug-likeness (QED) is 0.537. The summed E-state index contributed by atoms with van der Waals surface area (Å²) in [6.07, 6.45) is -0.776. The van der Waals surface area contributed by atoms with E-state index >= 15 is 0 Å². The Balaban J connectivity index is 1.57. The molecule has 1 aliphatic rings. The normalized spacial score (nSPS) is 15.8. The Morgan fingerprint density at radius 1 is 1.06 bits per heavy atom. The van der Waals surface area contributed by atoms with E-state index in [0.29, 0.717) is 29.2 Å². The van der Waals surface area contributed by atoms with Gasteiger partial charge < -0.3 is 24.1 Å². The van der Waals surface area contributed by atoms with Crippen molar-refractivity contribution in [2.75, 3.05) is 14.2 Å². The first-order chi connectivity index (χ1) is 16.1. The van der Waals surface area contributed by atoms with E-state index in [1.165, 1.54) is 13.2 Å². The maximum atomic E-state index is 12.2. The summed E-state index contributed by atoms with van der Waals surface area (Å²) >= 11 is 0. The standard InChI is InChI=1S/C25H24N2O6/c1-30-18-10-8-17(9-11-18)22-14-20(24-21(28)12-19(31-2)13-23(24)33-22)26-27-25(29)32-15-16-6-4-3-5-7-16/h3-13,22,28H,14-15H2,1-2H3,(H,27,29)/b26-20+/t22-/m0/s1. The number of rotatable bonds is 6. The molecule has 0 bridgehead atoms. The van der Waals surface area contributed by atoms with Crippen molar-refractivity contribution in [3.63, 3.8) is 0 Å². The number of hydrazone groups is 1. The third-order valence-electron chi connectivity index (χ3n) is 5.21. The molecule has 0 fully saturated rings. The average molecular weight is 448 g/mol. The summed E-state index contributed by atoms with van der Waals surface area (Å²) in [6, 6.07) is 20.0. The highest BCUT2D eigenvalue weighted by molar-refractivity contribution is 6.06. The molecule has 33 heavy (non-hydrogen) atoms. The summed E-state index contributed by atoms with van der Waals surface area (Å²) in [6.45, 7) is 0.119. The van der Waals surface area contributed by atoms with Crippen LogP contribution in [0.4, 0.5) is 4.79 Å². The molecule has 1 atom stereocenters. The van der Waals surface area contributed by atoms with E-state index in [1.807, 2.05) is 54.6 Å². The van der Waals surface area contributed by atoms with Crippen molar-refractivity contribution in [2.24, 2.45) is 5.10 Å². The highest BCUT2D eigenvalue weighted by Gasteiger charge is 2.30. The van der Waals surface area contributed by atoms with Crippen molar-refractivity contribution in [1.29, 1.82) is 0 Å². The number of aromatic hydroxyl groups is 1. The number of fused-ring (bicyclic) bond motifs is 1. The molecule has 170 valence electrons. The van der Waals surface area contributed by atoms with Gasteiger partial charge in [0.05, 0.1) is 25.5 Å².